The topological polar surface area (TPSA) is 63.6 Å². The third kappa shape index (κ3) is 3.48. The molecule has 0 saturated heterocycles. The zero-order chi connectivity index (χ0) is 15.4. The molecular formula is C17H16O4. The van der Waals surface area contributed by atoms with E-state index in [0.29, 0.717) is 11.3 Å². The van der Waals surface area contributed by atoms with Crippen LogP contribution in [0.4, 0.5) is 0 Å². The van der Waals surface area contributed by atoms with Gasteiger partial charge in [0.05, 0.1) is 0 Å². The summed E-state index contributed by atoms with van der Waals surface area (Å²) in [6.07, 6.45) is 0. The molecular weight excluding hydrogens is 268 g/mol. The normalized spacial score (nSPS) is 11.7. The molecule has 1 N–H and O–H groups in total. The zero-order valence-electron chi connectivity index (χ0n) is 11.9. The fourth-order valence-corrected chi connectivity index (χ4v) is 1.98. The highest BCUT2D eigenvalue weighted by Gasteiger charge is 2.30. The number of aliphatic carboxylic acids is 1. The fourth-order valence-electron chi connectivity index (χ4n) is 1.98. The van der Waals surface area contributed by atoms with Gasteiger partial charge >= 0.3 is 11.9 Å². The zero-order valence-corrected chi connectivity index (χ0v) is 11.9. The molecule has 4 heteroatoms. The Bertz CT molecular complexity index is 662. The quantitative estimate of drug-likeness (QED) is 0.532. The molecule has 4 nitrogen and oxygen atoms in total. The second-order valence-electron chi connectivity index (χ2n) is 4.85. The Morgan fingerprint density at radius 3 is 2.24 bits per heavy atom. The smallest absolute Gasteiger partial charge is 0.330 e. The van der Waals surface area contributed by atoms with Crippen molar-refractivity contribution in [3.05, 3.63) is 65.2 Å². The van der Waals surface area contributed by atoms with Gasteiger partial charge in [-0.15, -0.1) is 0 Å². The predicted octanol–water partition coefficient (Wildman–Crippen LogP) is 3.08. The maximum absolute atomic E-state index is 12.1. The monoisotopic (exact) mass is 284 g/mol. The number of ether oxygens (including phenoxy) is 1. The summed E-state index contributed by atoms with van der Waals surface area (Å²) < 4.78 is 5.21. The number of hydrogen-bond acceptors (Lipinski definition) is 3. The van der Waals surface area contributed by atoms with E-state index in [4.69, 9.17) is 4.74 Å². The van der Waals surface area contributed by atoms with Crippen molar-refractivity contribution in [1.82, 2.24) is 0 Å². The van der Waals surface area contributed by atoms with Crippen LogP contribution in [0.15, 0.2) is 48.5 Å². The molecule has 0 aliphatic rings. The number of rotatable bonds is 4. The second-order valence-corrected chi connectivity index (χ2v) is 4.85. The van der Waals surface area contributed by atoms with Gasteiger partial charge in [-0.05, 0) is 42.7 Å². The lowest BCUT2D eigenvalue weighted by Crippen LogP contribution is -2.26. The molecule has 0 amide bonds. The summed E-state index contributed by atoms with van der Waals surface area (Å²) in [6.45, 7) is 3.85. The average Bonchev–Trinajstić information content (AvgIpc) is 2.44. The minimum absolute atomic E-state index is 0.352. The third-order valence-electron chi connectivity index (χ3n) is 3.31. The Hall–Kier alpha value is -2.62. The van der Waals surface area contributed by atoms with Crippen molar-refractivity contribution in [3.8, 4) is 5.75 Å². The van der Waals surface area contributed by atoms with E-state index in [1.807, 2.05) is 19.9 Å². The largest absolute Gasteiger partial charge is 0.480 e. The van der Waals surface area contributed by atoms with Crippen LogP contribution in [-0.2, 0) is 9.59 Å². The van der Waals surface area contributed by atoms with Crippen LogP contribution in [-0.4, -0.2) is 17.0 Å². The highest BCUT2D eigenvalue weighted by atomic mass is 16.5. The third-order valence-corrected chi connectivity index (χ3v) is 3.31. The SMILES string of the molecule is Cc1ccc(OC(=O)[C@H](C(=O)O)c2ccccc2)cc1C. The van der Waals surface area contributed by atoms with Gasteiger partial charge < -0.3 is 9.84 Å². The molecule has 0 unspecified atom stereocenters. The molecule has 0 spiro atoms. The minimum Gasteiger partial charge on any atom is -0.480 e. The predicted molar refractivity (Wildman–Crippen MR) is 78.4 cm³/mol. The number of carboxylic acids is 1. The molecule has 0 bridgehead atoms. The molecule has 21 heavy (non-hydrogen) atoms. The highest BCUT2D eigenvalue weighted by molar-refractivity contribution is 6.00. The maximum atomic E-state index is 12.1. The number of esters is 1. The molecule has 2 rings (SSSR count). The number of benzene rings is 2. The molecule has 0 aromatic heterocycles. The van der Waals surface area contributed by atoms with Crippen LogP contribution in [0.1, 0.15) is 22.6 Å². The van der Waals surface area contributed by atoms with Gasteiger partial charge in [0.2, 0.25) is 0 Å². The molecule has 0 aliphatic carbocycles. The van der Waals surface area contributed by atoms with Gasteiger partial charge in [-0.3, -0.25) is 9.59 Å². The first-order chi connectivity index (χ1) is 9.99. The van der Waals surface area contributed by atoms with Crippen LogP contribution in [0.3, 0.4) is 0 Å². The number of carboxylic acid groups (broad SMARTS) is 1. The summed E-state index contributed by atoms with van der Waals surface area (Å²) in [5, 5.41) is 9.27. The van der Waals surface area contributed by atoms with Crippen LogP contribution in [0, 0.1) is 13.8 Å². The molecule has 0 heterocycles. The van der Waals surface area contributed by atoms with E-state index in [1.165, 1.54) is 0 Å². The summed E-state index contributed by atoms with van der Waals surface area (Å²) in [5.41, 5.74) is 2.46. The number of carbonyl (C=O) groups is 2. The van der Waals surface area contributed by atoms with Gasteiger partial charge in [-0.2, -0.15) is 0 Å². The van der Waals surface area contributed by atoms with Crippen LogP contribution < -0.4 is 4.74 Å². The molecule has 2 aromatic rings. The average molecular weight is 284 g/mol. The first-order valence-corrected chi connectivity index (χ1v) is 6.55. The van der Waals surface area contributed by atoms with E-state index in [-0.39, 0.29) is 0 Å². The lowest BCUT2D eigenvalue weighted by Gasteiger charge is -2.13. The van der Waals surface area contributed by atoms with Gasteiger partial charge in [0.15, 0.2) is 5.92 Å². The first kappa shape index (κ1) is 14.8. The van der Waals surface area contributed by atoms with Crippen molar-refractivity contribution < 1.29 is 19.4 Å². The maximum Gasteiger partial charge on any atom is 0.330 e. The van der Waals surface area contributed by atoms with Gasteiger partial charge in [0.25, 0.3) is 0 Å². The van der Waals surface area contributed by atoms with E-state index in [2.05, 4.69) is 0 Å². The minimum atomic E-state index is -1.33. The standard InChI is InChI=1S/C17H16O4/c1-11-8-9-14(10-12(11)2)21-17(20)15(16(18)19)13-6-4-3-5-7-13/h3-10,15H,1-2H3,(H,18,19)/t15-/m0/s1. The van der Waals surface area contributed by atoms with Gasteiger partial charge in [-0.1, -0.05) is 36.4 Å². The second kappa shape index (κ2) is 6.22. The first-order valence-electron chi connectivity index (χ1n) is 6.55. The van der Waals surface area contributed by atoms with Crippen LogP contribution in [0.2, 0.25) is 0 Å². The Labute approximate surface area is 123 Å². The molecule has 0 radical (unpaired) electrons. The number of aryl methyl sites for hydroxylation is 2. The van der Waals surface area contributed by atoms with Crippen molar-refractivity contribution in [2.45, 2.75) is 19.8 Å². The van der Waals surface area contributed by atoms with Gasteiger partial charge in [0.1, 0.15) is 5.75 Å². The highest BCUT2D eigenvalue weighted by Crippen LogP contribution is 2.22. The summed E-state index contributed by atoms with van der Waals surface area (Å²) in [6, 6.07) is 13.5. The molecule has 0 aliphatic heterocycles. The van der Waals surface area contributed by atoms with Crippen molar-refractivity contribution in [2.24, 2.45) is 0 Å². The van der Waals surface area contributed by atoms with Gasteiger partial charge in [0, 0.05) is 0 Å². The van der Waals surface area contributed by atoms with E-state index in [1.54, 1.807) is 42.5 Å². The summed E-state index contributed by atoms with van der Waals surface area (Å²) in [7, 11) is 0. The summed E-state index contributed by atoms with van der Waals surface area (Å²) in [5.74, 6) is -3.00. The molecule has 0 saturated carbocycles. The van der Waals surface area contributed by atoms with E-state index in [9.17, 15) is 14.7 Å². The van der Waals surface area contributed by atoms with E-state index >= 15 is 0 Å². The lowest BCUT2D eigenvalue weighted by atomic mass is 9.99. The lowest BCUT2D eigenvalue weighted by molar-refractivity contribution is -0.148. The summed E-state index contributed by atoms with van der Waals surface area (Å²) in [4.78, 5) is 23.5. The van der Waals surface area contributed by atoms with E-state index < -0.39 is 17.9 Å². The number of carbonyl (C=O) groups excluding carboxylic acids is 1. The van der Waals surface area contributed by atoms with Crippen molar-refractivity contribution in [2.75, 3.05) is 0 Å². The molecule has 0 fully saturated rings. The number of hydrogen-bond donors (Lipinski definition) is 1. The summed E-state index contributed by atoms with van der Waals surface area (Å²) >= 11 is 0. The van der Waals surface area contributed by atoms with Gasteiger partial charge in [-0.25, -0.2) is 0 Å². The van der Waals surface area contributed by atoms with E-state index in [0.717, 1.165) is 11.1 Å². The van der Waals surface area contributed by atoms with Crippen LogP contribution in [0.5, 0.6) is 5.75 Å². The Morgan fingerprint density at radius 2 is 1.67 bits per heavy atom. The van der Waals surface area contributed by atoms with Crippen LogP contribution >= 0.6 is 0 Å². The molecule has 108 valence electrons. The van der Waals surface area contributed by atoms with Crippen LogP contribution in [0.25, 0.3) is 0 Å². The van der Waals surface area contributed by atoms with Crippen molar-refractivity contribution in [1.29, 1.82) is 0 Å². The Balaban J connectivity index is 2.24. The Kier molecular flexibility index (Phi) is 4.38. The van der Waals surface area contributed by atoms with Crippen molar-refractivity contribution >= 4 is 11.9 Å². The molecule has 1 atom stereocenters. The van der Waals surface area contributed by atoms with Crippen molar-refractivity contribution in [3.63, 3.8) is 0 Å². The Morgan fingerprint density at radius 1 is 1.00 bits per heavy atom. The molecule has 2 aromatic carbocycles. The fraction of sp³-hybridized carbons (Fsp3) is 0.176.